The Balaban J connectivity index is 0.00000324. The van der Waals surface area contributed by atoms with Gasteiger partial charge in [0.2, 0.25) is 0 Å². The highest BCUT2D eigenvalue weighted by Gasteiger charge is 2.48. The van der Waals surface area contributed by atoms with Crippen LogP contribution in [0.5, 0.6) is 5.75 Å². The minimum Gasteiger partial charge on any atom is -0.508 e. The molecule has 3 N–H and O–H groups in total. The summed E-state index contributed by atoms with van der Waals surface area (Å²) in [6.07, 6.45) is 0. The maximum Gasteiger partial charge on any atom is 0.379 e. The van der Waals surface area contributed by atoms with Gasteiger partial charge in [0.15, 0.2) is 0 Å². The second kappa shape index (κ2) is 7.02. The fraction of sp³-hybridized carbons (Fsp3) is 0.364. The first-order valence-electron chi connectivity index (χ1n) is 5.09. The molecule has 0 aliphatic rings. The molecule has 1 atom stereocenters. The van der Waals surface area contributed by atoms with Crippen molar-refractivity contribution < 1.29 is 23.4 Å². The summed E-state index contributed by atoms with van der Waals surface area (Å²) in [7, 11) is 0. The zero-order chi connectivity index (χ0) is 13.9. The molecule has 4 nitrogen and oxygen atoms in total. The SMILES string of the molecule is CCOC(=O)C(F)(F)[C@@H](N)c1cc(O)ccc1Br.Cl. The summed E-state index contributed by atoms with van der Waals surface area (Å²) in [5.41, 5.74) is 5.31. The maximum atomic E-state index is 13.7. The number of benzene rings is 1. The third kappa shape index (κ3) is 4.02. The maximum absolute atomic E-state index is 13.7. The molecule has 108 valence electrons. The summed E-state index contributed by atoms with van der Waals surface area (Å²) in [4.78, 5) is 11.1. The molecule has 8 heteroatoms. The number of aromatic hydroxyl groups is 1. The van der Waals surface area contributed by atoms with Crippen LogP contribution in [0, 0.1) is 0 Å². The quantitative estimate of drug-likeness (QED) is 0.810. The van der Waals surface area contributed by atoms with E-state index < -0.39 is 17.9 Å². The Labute approximate surface area is 123 Å². The largest absolute Gasteiger partial charge is 0.508 e. The first kappa shape index (κ1) is 18.1. The van der Waals surface area contributed by atoms with Gasteiger partial charge >= 0.3 is 11.9 Å². The highest BCUT2D eigenvalue weighted by molar-refractivity contribution is 9.10. The van der Waals surface area contributed by atoms with E-state index in [2.05, 4.69) is 20.7 Å². The number of halogens is 4. The molecule has 0 radical (unpaired) electrons. The van der Waals surface area contributed by atoms with Crippen molar-refractivity contribution in [2.45, 2.75) is 18.9 Å². The summed E-state index contributed by atoms with van der Waals surface area (Å²) >= 11 is 3.04. The second-order valence-corrected chi connectivity index (χ2v) is 4.38. The van der Waals surface area contributed by atoms with Crippen LogP contribution in [0.1, 0.15) is 18.5 Å². The number of carbonyl (C=O) groups is 1. The third-order valence-corrected chi connectivity index (χ3v) is 2.97. The van der Waals surface area contributed by atoms with Gasteiger partial charge in [0.05, 0.1) is 6.61 Å². The van der Waals surface area contributed by atoms with Gasteiger partial charge in [-0.3, -0.25) is 0 Å². The van der Waals surface area contributed by atoms with E-state index in [-0.39, 0.29) is 34.8 Å². The first-order chi connectivity index (χ1) is 8.30. The zero-order valence-corrected chi connectivity index (χ0v) is 12.3. The molecule has 1 aromatic carbocycles. The van der Waals surface area contributed by atoms with Gasteiger partial charge in [-0.1, -0.05) is 15.9 Å². The molecule has 0 amide bonds. The number of hydrogen-bond acceptors (Lipinski definition) is 4. The van der Waals surface area contributed by atoms with Crippen LogP contribution in [0.3, 0.4) is 0 Å². The van der Waals surface area contributed by atoms with Gasteiger partial charge in [0, 0.05) is 4.47 Å². The van der Waals surface area contributed by atoms with Crippen molar-refractivity contribution in [3.05, 3.63) is 28.2 Å². The summed E-state index contributed by atoms with van der Waals surface area (Å²) in [5.74, 6) is -5.78. The van der Waals surface area contributed by atoms with Crippen LogP contribution in [0.2, 0.25) is 0 Å². The molecule has 0 bridgehead atoms. The lowest BCUT2D eigenvalue weighted by atomic mass is 10.0. The number of esters is 1. The minimum absolute atomic E-state index is 0. The average molecular weight is 361 g/mol. The molecule has 0 unspecified atom stereocenters. The smallest absolute Gasteiger partial charge is 0.379 e. The number of nitrogens with two attached hydrogens (primary N) is 1. The van der Waals surface area contributed by atoms with E-state index in [9.17, 15) is 18.7 Å². The lowest BCUT2D eigenvalue weighted by Gasteiger charge is -2.22. The van der Waals surface area contributed by atoms with E-state index >= 15 is 0 Å². The molecular weight excluding hydrogens is 347 g/mol. The minimum atomic E-state index is -3.87. The van der Waals surface area contributed by atoms with Crippen molar-refractivity contribution in [3.8, 4) is 5.75 Å². The van der Waals surface area contributed by atoms with Crippen LogP contribution in [0.25, 0.3) is 0 Å². The molecule has 19 heavy (non-hydrogen) atoms. The van der Waals surface area contributed by atoms with Gasteiger partial charge in [-0.05, 0) is 30.7 Å². The molecule has 0 heterocycles. The van der Waals surface area contributed by atoms with E-state index in [1.807, 2.05) is 0 Å². The Kier molecular flexibility index (Phi) is 6.68. The summed E-state index contributed by atoms with van der Waals surface area (Å²) in [6, 6.07) is 1.84. The normalized spacial score (nSPS) is 12.5. The molecule has 0 aliphatic heterocycles. The molecule has 1 aromatic rings. The van der Waals surface area contributed by atoms with Gasteiger partial charge in [-0.25, -0.2) is 4.79 Å². The zero-order valence-electron chi connectivity index (χ0n) is 9.90. The van der Waals surface area contributed by atoms with Crippen LogP contribution in [0.15, 0.2) is 22.7 Å². The monoisotopic (exact) mass is 359 g/mol. The van der Waals surface area contributed by atoms with E-state index in [1.54, 1.807) is 0 Å². The highest BCUT2D eigenvalue weighted by Crippen LogP contribution is 2.35. The van der Waals surface area contributed by atoms with Crippen molar-refractivity contribution >= 4 is 34.3 Å². The Morgan fingerprint density at radius 3 is 2.68 bits per heavy atom. The Morgan fingerprint density at radius 2 is 2.16 bits per heavy atom. The Bertz CT molecular complexity index is 460. The fourth-order valence-electron chi connectivity index (χ4n) is 1.32. The van der Waals surface area contributed by atoms with E-state index in [0.717, 1.165) is 6.07 Å². The lowest BCUT2D eigenvalue weighted by molar-refractivity contribution is -0.174. The van der Waals surface area contributed by atoms with Crippen LogP contribution in [0.4, 0.5) is 8.78 Å². The topological polar surface area (TPSA) is 72.5 Å². The molecule has 0 saturated carbocycles. The number of alkyl halides is 2. The summed E-state index contributed by atoms with van der Waals surface area (Å²) < 4.78 is 31.9. The number of ether oxygens (including phenoxy) is 1. The van der Waals surface area contributed by atoms with Gasteiger partial charge in [0.1, 0.15) is 11.8 Å². The predicted octanol–water partition coefficient (Wildman–Crippen LogP) is 2.77. The number of rotatable bonds is 4. The van der Waals surface area contributed by atoms with E-state index in [0.29, 0.717) is 0 Å². The van der Waals surface area contributed by atoms with E-state index in [4.69, 9.17) is 5.73 Å². The predicted molar refractivity (Wildman–Crippen MR) is 71.6 cm³/mol. The van der Waals surface area contributed by atoms with Crippen molar-refractivity contribution in [2.24, 2.45) is 5.73 Å². The Hall–Kier alpha value is -0.920. The molecule has 0 fully saturated rings. The molecule has 1 rings (SSSR count). The van der Waals surface area contributed by atoms with Gasteiger partial charge in [-0.2, -0.15) is 8.78 Å². The van der Waals surface area contributed by atoms with Gasteiger partial charge in [-0.15, -0.1) is 12.4 Å². The van der Waals surface area contributed by atoms with Crippen molar-refractivity contribution in [1.29, 1.82) is 0 Å². The van der Waals surface area contributed by atoms with Crippen molar-refractivity contribution in [1.82, 2.24) is 0 Å². The molecule has 0 saturated heterocycles. The molecule has 0 spiro atoms. The van der Waals surface area contributed by atoms with Crippen molar-refractivity contribution in [2.75, 3.05) is 6.61 Å². The van der Waals surface area contributed by atoms with Crippen LogP contribution < -0.4 is 5.73 Å². The molecule has 0 aromatic heterocycles. The number of phenolic OH excluding ortho intramolecular Hbond substituents is 1. The van der Waals surface area contributed by atoms with Gasteiger partial charge in [0.25, 0.3) is 0 Å². The number of carbonyl (C=O) groups excluding carboxylic acids is 1. The molecule has 0 aliphatic carbocycles. The van der Waals surface area contributed by atoms with Crippen LogP contribution in [-0.4, -0.2) is 23.6 Å². The summed E-state index contributed by atoms with van der Waals surface area (Å²) in [5, 5.41) is 9.26. The highest BCUT2D eigenvalue weighted by atomic mass is 79.9. The number of phenols is 1. The fourth-order valence-corrected chi connectivity index (χ4v) is 1.81. The second-order valence-electron chi connectivity index (χ2n) is 3.53. The summed E-state index contributed by atoms with van der Waals surface area (Å²) in [6.45, 7) is 1.26. The Morgan fingerprint density at radius 1 is 1.58 bits per heavy atom. The number of hydrogen-bond donors (Lipinski definition) is 2. The average Bonchev–Trinajstić information content (AvgIpc) is 2.31. The van der Waals surface area contributed by atoms with Gasteiger partial charge < -0.3 is 15.6 Å². The molecular formula is C11H13BrClF2NO3. The van der Waals surface area contributed by atoms with E-state index in [1.165, 1.54) is 19.1 Å². The first-order valence-corrected chi connectivity index (χ1v) is 5.89. The van der Waals surface area contributed by atoms with Crippen LogP contribution in [-0.2, 0) is 9.53 Å². The third-order valence-electron chi connectivity index (χ3n) is 2.25. The lowest BCUT2D eigenvalue weighted by Crippen LogP contribution is -2.41. The van der Waals surface area contributed by atoms with Crippen LogP contribution >= 0.6 is 28.3 Å². The standard InChI is InChI=1S/C11H12BrF2NO3.ClH/c1-2-18-10(17)11(13,14)9(15)7-5-6(16)3-4-8(7)12;/h3-5,9,16H,2,15H2,1H3;1H/t9-;/m0./s1. The van der Waals surface area contributed by atoms with Crippen molar-refractivity contribution in [3.63, 3.8) is 0 Å².